The van der Waals surface area contributed by atoms with Crippen LogP contribution in [0.3, 0.4) is 0 Å². The number of methoxy groups -OCH3 is 1. The predicted molar refractivity (Wildman–Crippen MR) is 151 cm³/mol. The van der Waals surface area contributed by atoms with E-state index < -0.39 is 0 Å². The lowest BCUT2D eigenvalue weighted by atomic mass is 10.1. The fourth-order valence-electron chi connectivity index (χ4n) is 4.97. The van der Waals surface area contributed by atoms with E-state index in [-0.39, 0.29) is 17.9 Å². The number of benzene rings is 3. The molecular formula is C30H31N3O3S. The number of ether oxygens (including phenoxy) is 1. The second kappa shape index (κ2) is 10.3. The highest BCUT2D eigenvalue weighted by molar-refractivity contribution is 8.04. The van der Waals surface area contributed by atoms with Crippen molar-refractivity contribution >= 4 is 41.0 Å². The number of likely N-dealkylation sites (N-methyl/N-ethyl adjacent to an activating group) is 1. The van der Waals surface area contributed by atoms with E-state index in [0.29, 0.717) is 23.6 Å². The number of rotatable bonds is 4. The van der Waals surface area contributed by atoms with Gasteiger partial charge in [0.15, 0.2) is 0 Å². The fraction of sp³-hybridized carbons (Fsp3) is 0.267. The van der Waals surface area contributed by atoms with Crippen molar-refractivity contribution in [2.45, 2.75) is 24.8 Å². The van der Waals surface area contributed by atoms with Crippen LogP contribution in [0.15, 0.2) is 76.5 Å². The van der Waals surface area contributed by atoms with Crippen molar-refractivity contribution in [3.8, 4) is 5.75 Å². The first kappa shape index (κ1) is 25.0. The van der Waals surface area contributed by atoms with Gasteiger partial charge in [-0.25, -0.2) is 0 Å². The van der Waals surface area contributed by atoms with Gasteiger partial charge in [-0.1, -0.05) is 42.1 Å². The van der Waals surface area contributed by atoms with Crippen LogP contribution < -0.4 is 14.5 Å². The fourth-order valence-corrected chi connectivity index (χ4v) is 6.05. The summed E-state index contributed by atoms with van der Waals surface area (Å²) in [6.07, 6.45) is 1.86. The van der Waals surface area contributed by atoms with Crippen LogP contribution in [0, 0.1) is 6.92 Å². The van der Waals surface area contributed by atoms with Crippen LogP contribution in [0.2, 0.25) is 0 Å². The molecule has 0 bridgehead atoms. The van der Waals surface area contributed by atoms with Crippen molar-refractivity contribution in [3.05, 3.63) is 88.3 Å². The number of carbonyl (C=O) groups excluding carboxylic acids is 2. The molecule has 7 heteroatoms. The summed E-state index contributed by atoms with van der Waals surface area (Å²) in [6.45, 7) is 6.35. The molecule has 5 rings (SSSR count). The Bertz CT molecular complexity index is 1390. The Morgan fingerprint density at radius 1 is 1.05 bits per heavy atom. The third-order valence-corrected chi connectivity index (χ3v) is 8.05. The van der Waals surface area contributed by atoms with Crippen molar-refractivity contribution in [1.82, 2.24) is 4.90 Å². The van der Waals surface area contributed by atoms with Gasteiger partial charge in [-0.2, -0.15) is 0 Å². The first-order chi connectivity index (χ1) is 17.9. The maximum absolute atomic E-state index is 13.5. The number of fused-ring (bicyclic) bond motifs is 1. The minimum Gasteiger partial charge on any atom is -0.496 e. The minimum absolute atomic E-state index is 0.000229. The summed E-state index contributed by atoms with van der Waals surface area (Å²) in [5.41, 5.74) is 4.64. The monoisotopic (exact) mass is 513 g/mol. The summed E-state index contributed by atoms with van der Waals surface area (Å²) < 4.78 is 5.44. The summed E-state index contributed by atoms with van der Waals surface area (Å²) in [5, 5.41) is 0. The number of aryl methyl sites for hydroxylation is 1. The zero-order valence-electron chi connectivity index (χ0n) is 21.6. The third-order valence-electron chi connectivity index (χ3n) is 6.98. The molecule has 2 amide bonds. The molecule has 0 unspecified atom stereocenters. The molecule has 0 saturated carbocycles. The topological polar surface area (TPSA) is 53.1 Å². The van der Waals surface area contributed by atoms with Gasteiger partial charge in [-0.05, 0) is 61.9 Å². The lowest BCUT2D eigenvalue weighted by Crippen LogP contribution is -2.53. The molecule has 1 saturated heterocycles. The molecule has 0 N–H and O–H groups in total. The molecule has 0 radical (unpaired) electrons. The second-order valence-corrected chi connectivity index (χ2v) is 10.6. The second-order valence-electron chi connectivity index (χ2n) is 9.53. The van der Waals surface area contributed by atoms with E-state index >= 15 is 0 Å². The molecule has 0 aliphatic carbocycles. The molecule has 190 valence electrons. The number of amides is 2. The summed E-state index contributed by atoms with van der Waals surface area (Å²) in [5.74, 6) is 0.614. The highest BCUT2D eigenvalue weighted by atomic mass is 32.2. The number of thioether (sulfide) groups is 1. The molecule has 1 atom stereocenters. The Morgan fingerprint density at radius 2 is 1.86 bits per heavy atom. The van der Waals surface area contributed by atoms with Crippen molar-refractivity contribution in [3.63, 3.8) is 0 Å². The van der Waals surface area contributed by atoms with Gasteiger partial charge in [0.1, 0.15) is 5.75 Å². The predicted octanol–water partition coefficient (Wildman–Crippen LogP) is 5.46. The molecule has 0 aromatic heterocycles. The van der Waals surface area contributed by atoms with Gasteiger partial charge in [0, 0.05) is 54.4 Å². The number of anilines is 2. The maximum Gasteiger partial charge on any atom is 0.264 e. The van der Waals surface area contributed by atoms with Crippen molar-refractivity contribution in [1.29, 1.82) is 0 Å². The summed E-state index contributed by atoms with van der Waals surface area (Å²) in [6, 6.07) is 22.0. The number of para-hydroxylation sites is 1. The molecular weight excluding hydrogens is 482 g/mol. The Balaban J connectivity index is 1.34. The lowest BCUT2D eigenvalue weighted by Gasteiger charge is -2.41. The Labute approximate surface area is 222 Å². The van der Waals surface area contributed by atoms with E-state index in [0.717, 1.165) is 28.4 Å². The van der Waals surface area contributed by atoms with E-state index in [1.165, 1.54) is 23.0 Å². The first-order valence-corrected chi connectivity index (χ1v) is 13.2. The average molecular weight is 514 g/mol. The number of piperazine rings is 1. The Morgan fingerprint density at radius 3 is 2.62 bits per heavy atom. The number of hydrogen-bond acceptors (Lipinski definition) is 5. The molecule has 3 aromatic rings. The van der Waals surface area contributed by atoms with Crippen LogP contribution in [0.25, 0.3) is 6.08 Å². The van der Waals surface area contributed by atoms with Crippen molar-refractivity contribution < 1.29 is 14.3 Å². The van der Waals surface area contributed by atoms with Crippen LogP contribution in [0.1, 0.15) is 28.4 Å². The zero-order chi connectivity index (χ0) is 26.1. The van der Waals surface area contributed by atoms with Crippen LogP contribution in [-0.4, -0.2) is 56.5 Å². The molecule has 2 heterocycles. The Hall–Kier alpha value is -3.71. The number of hydrogen-bond donors (Lipinski definition) is 0. The largest absolute Gasteiger partial charge is 0.496 e. The molecule has 37 heavy (non-hydrogen) atoms. The van der Waals surface area contributed by atoms with Crippen LogP contribution in [0.4, 0.5) is 11.4 Å². The van der Waals surface area contributed by atoms with Crippen LogP contribution in [-0.2, 0) is 4.79 Å². The van der Waals surface area contributed by atoms with E-state index in [1.54, 1.807) is 19.1 Å². The van der Waals surface area contributed by atoms with E-state index in [4.69, 9.17) is 4.74 Å². The lowest BCUT2D eigenvalue weighted by molar-refractivity contribution is -0.114. The molecule has 2 aliphatic heterocycles. The smallest absolute Gasteiger partial charge is 0.264 e. The normalized spacial score (nSPS) is 18.7. The van der Waals surface area contributed by atoms with Gasteiger partial charge < -0.3 is 19.4 Å². The van der Waals surface area contributed by atoms with Crippen molar-refractivity contribution in [2.75, 3.05) is 43.6 Å². The van der Waals surface area contributed by atoms with E-state index in [1.807, 2.05) is 53.4 Å². The van der Waals surface area contributed by atoms with Gasteiger partial charge >= 0.3 is 0 Å². The average Bonchev–Trinajstić information content (AvgIpc) is 2.91. The standard InChI is InChI=1S/C30H31N3O3S/c1-20-8-7-10-24(16-20)33-15-14-32(19-21(33)2)29(34)23-12-13-27-25(17-23)31(3)30(35)28(37-27)18-22-9-5-6-11-26(22)36-4/h5-13,16-18,21H,14-15,19H2,1-4H3/b28-18-/t21-/m1/s1. The summed E-state index contributed by atoms with van der Waals surface area (Å²) in [7, 11) is 3.38. The van der Waals surface area contributed by atoms with Gasteiger partial charge in [0.05, 0.1) is 17.7 Å². The zero-order valence-corrected chi connectivity index (χ0v) is 22.4. The van der Waals surface area contributed by atoms with E-state index in [2.05, 4.69) is 43.0 Å². The molecule has 1 fully saturated rings. The quantitative estimate of drug-likeness (QED) is 0.434. The molecule has 2 aliphatic rings. The van der Waals surface area contributed by atoms with Crippen LogP contribution in [0.5, 0.6) is 5.75 Å². The summed E-state index contributed by atoms with van der Waals surface area (Å²) >= 11 is 1.42. The van der Waals surface area contributed by atoms with E-state index in [9.17, 15) is 9.59 Å². The SMILES string of the molecule is COc1ccccc1/C=C1\Sc2ccc(C(=O)N3CCN(c4cccc(C)c4)[C@H](C)C3)cc2N(C)C1=O. The third kappa shape index (κ3) is 4.96. The number of nitrogens with zero attached hydrogens (tertiary/aromatic N) is 3. The molecule has 3 aromatic carbocycles. The highest BCUT2D eigenvalue weighted by Crippen LogP contribution is 2.42. The summed E-state index contributed by atoms with van der Waals surface area (Å²) in [4.78, 5) is 34.1. The minimum atomic E-state index is -0.103. The molecule has 6 nitrogen and oxygen atoms in total. The van der Waals surface area contributed by atoms with Crippen molar-refractivity contribution in [2.24, 2.45) is 0 Å². The highest BCUT2D eigenvalue weighted by Gasteiger charge is 2.31. The first-order valence-electron chi connectivity index (χ1n) is 12.4. The van der Waals surface area contributed by atoms with Gasteiger partial charge in [0.25, 0.3) is 11.8 Å². The van der Waals surface area contributed by atoms with Gasteiger partial charge in [-0.15, -0.1) is 0 Å². The Kier molecular flexibility index (Phi) is 6.98. The van der Waals surface area contributed by atoms with Gasteiger partial charge in [-0.3, -0.25) is 9.59 Å². The number of carbonyl (C=O) groups is 2. The molecule has 0 spiro atoms. The van der Waals surface area contributed by atoms with Gasteiger partial charge in [0.2, 0.25) is 0 Å². The van der Waals surface area contributed by atoms with Crippen LogP contribution >= 0.6 is 11.8 Å². The maximum atomic E-state index is 13.5.